The van der Waals surface area contributed by atoms with Crippen LogP contribution in [0.4, 0.5) is 5.69 Å². The number of amides is 1. The van der Waals surface area contributed by atoms with E-state index in [-0.39, 0.29) is 5.91 Å². The minimum absolute atomic E-state index is 0.124. The summed E-state index contributed by atoms with van der Waals surface area (Å²) in [6, 6.07) is 11.7. The molecule has 3 heterocycles. The van der Waals surface area contributed by atoms with E-state index in [0.29, 0.717) is 43.2 Å². The third-order valence-electron chi connectivity index (χ3n) is 4.60. The number of fused-ring (bicyclic) bond motifs is 1. The molecule has 0 bridgehead atoms. The standard InChI is InChI=1S/C19H17N5O2/c1-13-10-17(22-26-13)19(25)24-8-6-23(7-9-24)18-14(11-20)12-21-16-5-3-2-4-15(16)18/h2-5,10,12H,6-9H2,1H3. The van der Waals surface area contributed by atoms with Crippen LogP contribution in [0.5, 0.6) is 0 Å². The van der Waals surface area contributed by atoms with E-state index >= 15 is 0 Å². The Balaban J connectivity index is 1.58. The topological polar surface area (TPSA) is 86.3 Å². The summed E-state index contributed by atoms with van der Waals surface area (Å²) in [5.74, 6) is 0.496. The third-order valence-corrected chi connectivity index (χ3v) is 4.60. The molecule has 1 aromatic carbocycles. The van der Waals surface area contributed by atoms with Crippen LogP contribution in [-0.2, 0) is 0 Å². The van der Waals surface area contributed by atoms with Crippen molar-refractivity contribution in [3.63, 3.8) is 0 Å². The zero-order chi connectivity index (χ0) is 18.1. The van der Waals surface area contributed by atoms with Gasteiger partial charge >= 0.3 is 0 Å². The fourth-order valence-electron chi connectivity index (χ4n) is 3.31. The molecule has 2 aromatic heterocycles. The van der Waals surface area contributed by atoms with Crippen molar-refractivity contribution in [3.05, 3.63) is 53.5 Å². The number of para-hydroxylation sites is 1. The number of pyridine rings is 1. The van der Waals surface area contributed by atoms with E-state index in [9.17, 15) is 10.1 Å². The minimum atomic E-state index is -0.124. The molecule has 1 aliphatic rings. The van der Waals surface area contributed by atoms with Gasteiger partial charge in [-0.15, -0.1) is 0 Å². The van der Waals surface area contributed by atoms with Crippen LogP contribution >= 0.6 is 0 Å². The van der Waals surface area contributed by atoms with Crippen LogP contribution in [0.1, 0.15) is 21.8 Å². The SMILES string of the molecule is Cc1cc(C(=O)N2CCN(c3c(C#N)cnc4ccccc34)CC2)no1. The lowest BCUT2D eigenvalue weighted by Gasteiger charge is -2.36. The average molecular weight is 347 g/mol. The molecule has 0 unspecified atom stereocenters. The highest BCUT2D eigenvalue weighted by molar-refractivity contribution is 5.95. The Bertz CT molecular complexity index is 1010. The number of nitriles is 1. The Kier molecular flexibility index (Phi) is 4.01. The maximum atomic E-state index is 12.5. The molecule has 1 amide bonds. The summed E-state index contributed by atoms with van der Waals surface area (Å²) in [5, 5.41) is 14.3. The quantitative estimate of drug-likeness (QED) is 0.707. The first-order chi connectivity index (χ1) is 12.7. The highest BCUT2D eigenvalue weighted by atomic mass is 16.5. The van der Waals surface area contributed by atoms with Crippen molar-refractivity contribution in [2.45, 2.75) is 6.92 Å². The van der Waals surface area contributed by atoms with Crippen molar-refractivity contribution in [1.82, 2.24) is 15.0 Å². The number of rotatable bonds is 2. The molecule has 3 aromatic rings. The third kappa shape index (κ3) is 2.75. The fraction of sp³-hybridized carbons (Fsp3) is 0.263. The van der Waals surface area contributed by atoms with Crippen molar-refractivity contribution in [2.75, 3.05) is 31.1 Å². The first kappa shape index (κ1) is 16.1. The van der Waals surface area contributed by atoms with Gasteiger partial charge < -0.3 is 14.3 Å². The van der Waals surface area contributed by atoms with E-state index in [4.69, 9.17) is 4.52 Å². The number of hydrogen-bond donors (Lipinski definition) is 0. The highest BCUT2D eigenvalue weighted by Crippen LogP contribution is 2.30. The summed E-state index contributed by atoms with van der Waals surface area (Å²) >= 11 is 0. The van der Waals surface area contributed by atoms with Gasteiger partial charge in [-0.1, -0.05) is 23.4 Å². The van der Waals surface area contributed by atoms with Crippen molar-refractivity contribution >= 4 is 22.5 Å². The van der Waals surface area contributed by atoms with Crippen LogP contribution in [0.25, 0.3) is 10.9 Å². The molecule has 7 nitrogen and oxygen atoms in total. The lowest BCUT2D eigenvalue weighted by molar-refractivity contribution is 0.0736. The molecule has 1 fully saturated rings. The summed E-state index contributed by atoms with van der Waals surface area (Å²) in [6.45, 7) is 4.18. The van der Waals surface area contributed by atoms with Crippen LogP contribution in [0.2, 0.25) is 0 Å². The second kappa shape index (κ2) is 6.48. The Morgan fingerprint density at radius 3 is 2.69 bits per heavy atom. The second-order valence-electron chi connectivity index (χ2n) is 6.25. The van der Waals surface area contributed by atoms with Gasteiger partial charge in [-0.05, 0) is 13.0 Å². The van der Waals surface area contributed by atoms with Crippen molar-refractivity contribution in [1.29, 1.82) is 5.26 Å². The Morgan fingerprint density at radius 2 is 2.00 bits per heavy atom. The number of hydrogen-bond acceptors (Lipinski definition) is 6. The van der Waals surface area contributed by atoms with Gasteiger partial charge in [0.15, 0.2) is 5.69 Å². The summed E-state index contributed by atoms with van der Waals surface area (Å²) in [4.78, 5) is 20.8. The normalized spacial score (nSPS) is 14.5. The van der Waals surface area contributed by atoms with Gasteiger partial charge in [0, 0.05) is 43.8 Å². The lowest BCUT2D eigenvalue weighted by Crippen LogP contribution is -2.49. The first-order valence-electron chi connectivity index (χ1n) is 8.43. The molecule has 4 rings (SSSR count). The number of aryl methyl sites for hydroxylation is 1. The summed E-state index contributed by atoms with van der Waals surface area (Å²) in [6.07, 6.45) is 1.62. The lowest BCUT2D eigenvalue weighted by atomic mass is 10.1. The Hall–Kier alpha value is -3.40. The van der Waals surface area contributed by atoms with Gasteiger partial charge in [0.1, 0.15) is 11.8 Å². The van der Waals surface area contributed by atoms with Crippen LogP contribution in [0, 0.1) is 18.3 Å². The monoisotopic (exact) mass is 347 g/mol. The zero-order valence-electron chi connectivity index (χ0n) is 14.3. The van der Waals surface area contributed by atoms with Crippen molar-refractivity contribution in [2.24, 2.45) is 0 Å². The average Bonchev–Trinajstić information content (AvgIpc) is 3.13. The van der Waals surface area contributed by atoms with Gasteiger partial charge in [-0.3, -0.25) is 9.78 Å². The predicted octanol–water partition coefficient (Wildman–Crippen LogP) is 2.37. The molecule has 7 heteroatoms. The number of benzene rings is 1. The molecule has 0 aliphatic carbocycles. The number of carbonyl (C=O) groups excluding carboxylic acids is 1. The predicted molar refractivity (Wildman–Crippen MR) is 95.8 cm³/mol. The summed E-state index contributed by atoms with van der Waals surface area (Å²) < 4.78 is 4.99. The molecule has 0 atom stereocenters. The van der Waals surface area contributed by atoms with E-state index in [1.807, 2.05) is 24.3 Å². The molecule has 1 aliphatic heterocycles. The molecular formula is C19H17N5O2. The van der Waals surface area contributed by atoms with Crippen LogP contribution in [-0.4, -0.2) is 47.1 Å². The van der Waals surface area contributed by atoms with E-state index in [0.717, 1.165) is 16.6 Å². The smallest absolute Gasteiger partial charge is 0.276 e. The van der Waals surface area contributed by atoms with Crippen LogP contribution in [0.15, 0.2) is 41.1 Å². The van der Waals surface area contributed by atoms with Crippen molar-refractivity contribution in [3.8, 4) is 6.07 Å². The highest BCUT2D eigenvalue weighted by Gasteiger charge is 2.26. The Morgan fingerprint density at radius 1 is 1.23 bits per heavy atom. The zero-order valence-corrected chi connectivity index (χ0v) is 14.3. The molecule has 130 valence electrons. The molecule has 0 saturated carbocycles. The fourth-order valence-corrected chi connectivity index (χ4v) is 3.31. The summed E-state index contributed by atoms with van der Waals surface area (Å²) in [7, 11) is 0. The number of nitrogens with zero attached hydrogens (tertiary/aromatic N) is 5. The van der Waals surface area contributed by atoms with Crippen LogP contribution in [0.3, 0.4) is 0 Å². The maximum Gasteiger partial charge on any atom is 0.276 e. The molecule has 1 saturated heterocycles. The first-order valence-corrected chi connectivity index (χ1v) is 8.43. The minimum Gasteiger partial charge on any atom is -0.366 e. The van der Waals surface area contributed by atoms with Gasteiger partial charge in [-0.25, -0.2) is 0 Å². The number of piperazine rings is 1. The van der Waals surface area contributed by atoms with E-state index in [1.54, 1.807) is 24.1 Å². The van der Waals surface area contributed by atoms with E-state index in [1.165, 1.54) is 0 Å². The summed E-state index contributed by atoms with van der Waals surface area (Å²) in [5.41, 5.74) is 2.64. The number of anilines is 1. The molecule has 0 spiro atoms. The largest absolute Gasteiger partial charge is 0.366 e. The van der Waals surface area contributed by atoms with Crippen LogP contribution < -0.4 is 4.90 Å². The van der Waals surface area contributed by atoms with E-state index in [2.05, 4.69) is 21.1 Å². The Labute approximate surface area is 150 Å². The molecule has 0 N–H and O–H groups in total. The number of aromatic nitrogens is 2. The van der Waals surface area contributed by atoms with E-state index < -0.39 is 0 Å². The van der Waals surface area contributed by atoms with Gasteiger partial charge in [0.2, 0.25) is 0 Å². The molecule has 26 heavy (non-hydrogen) atoms. The molecule has 0 radical (unpaired) electrons. The van der Waals surface area contributed by atoms with Gasteiger partial charge in [0.05, 0.1) is 16.8 Å². The van der Waals surface area contributed by atoms with Crippen molar-refractivity contribution < 1.29 is 9.32 Å². The molecular weight excluding hydrogens is 330 g/mol. The number of carbonyl (C=O) groups is 1. The van der Waals surface area contributed by atoms with Gasteiger partial charge in [0.25, 0.3) is 5.91 Å². The van der Waals surface area contributed by atoms with Gasteiger partial charge in [-0.2, -0.15) is 5.26 Å². The second-order valence-corrected chi connectivity index (χ2v) is 6.25. The maximum absolute atomic E-state index is 12.5.